The number of ether oxygens (including phenoxy) is 1. The normalized spacial score (nSPS) is 14.1. The number of nitriles is 1. The molecule has 172 valence electrons. The maximum Gasteiger partial charge on any atom is 0.146 e. The highest BCUT2D eigenvalue weighted by Gasteiger charge is 2.18. The van der Waals surface area contributed by atoms with Crippen LogP contribution in [0.3, 0.4) is 0 Å². The SMILES string of the molecule is N#Cc1cccnc1NCCNc1nc(CN2CCOCC2)nc2scc(-c3ccccc3)c12. The summed E-state index contributed by atoms with van der Waals surface area (Å²) in [5, 5.41) is 19.2. The molecular weight excluding hydrogens is 446 g/mol. The van der Waals surface area contributed by atoms with E-state index < -0.39 is 0 Å². The summed E-state index contributed by atoms with van der Waals surface area (Å²) in [7, 11) is 0. The van der Waals surface area contributed by atoms with Gasteiger partial charge in [-0.05, 0) is 17.7 Å². The molecule has 9 heteroatoms. The fraction of sp³-hybridized carbons (Fsp3) is 0.280. The van der Waals surface area contributed by atoms with Gasteiger partial charge in [-0.2, -0.15) is 5.26 Å². The largest absolute Gasteiger partial charge is 0.379 e. The molecule has 0 atom stereocenters. The molecule has 8 nitrogen and oxygen atoms in total. The number of hydrogen-bond donors (Lipinski definition) is 2. The molecule has 3 aromatic heterocycles. The number of benzene rings is 1. The van der Waals surface area contributed by atoms with Gasteiger partial charge in [-0.1, -0.05) is 30.3 Å². The van der Waals surface area contributed by atoms with Gasteiger partial charge < -0.3 is 15.4 Å². The number of rotatable bonds is 8. The predicted molar refractivity (Wildman–Crippen MR) is 135 cm³/mol. The smallest absolute Gasteiger partial charge is 0.146 e. The standard InChI is InChI=1S/C25H25N7OS/c26-15-19-7-4-8-27-23(19)28-9-10-29-24-22-20(18-5-2-1-3-6-18)17-34-25(22)31-21(30-24)16-32-11-13-33-14-12-32/h1-8,17H,9-14,16H2,(H,27,28)(H,29,30,31). The van der Waals surface area contributed by atoms with Gasteiger partial charge in [-0.15, -0.1) is 11.3 Å². The third-order valence-electron chi connectivity index (χ3n) is 5.67. The minimum absolute atomic E-state index is 0.531. The fourth-order valence-electron chi connectivity index (χ4n) is 3.97. The summed E-state index contributed by atoms with van der Waals surface area (Å²) in [4.78, 5) is 17.4. The number of aromatic nitrogens is 3. The lowest BCUT2D eigenvalue weighted by atomic mass is 10.1. The van der Waals surface area contributed by atoms with Gasteiger partial charge in [0.05, 0.1) is 30.7 Å². The summed E-state index contributed by atoms with van der Waals surface area (Å²) < 4.78 is 5.48. The van der Waals surface area contributed by atoms with Gasteiger partial charge in [-0.3, -0.25) is 4.90 Å². The highest BCUT2D eigenvalue weighted by atomic mass is 32.1. The first-order valence-electron chi connectivity index (χ1n) is 11.3. The Hall–Kier alpha value is -3.58. The maximum atomic E-state index is 9.28. The molecule has 0 spiro atoms. The molecule has 0 saturated carbocycles. The van der Waals surface area contributed by atoms with Gasteiger partial charge in [0, 0.05) is 43.3 Å². The van der Waals surface area contributed by atoms with E-state index in [0.29, 0.717) is 31.0 Å². The molecule has 5 rings (SSSR count). The van der Waals surface area contributed by atoms with Crippen LogP contribution in [0.15, 0.2) is 54.0 Å². The zero-order valence-electron chi connectivity index (χ0n) is 18.7. The van der Waals surface area contributed by atoms with Crippen LogP contribution in [-0.2, 0) is 11.3 Å². The van der Waals surface area contributed by atoms with E-state index >= 15 is 0 Å². The number of fused-ring (bicyclic) bond motifs is 1. The number of anilines is 2. The van der Waals surface area contributed by atoms with Crippen LogP contribution in [0.2, 0.25) is 0 Å². The Morgan fingerprint density at radius 2 is 1.79 bits per heavy atom. The van der Waals surface area contributed by atoms with Crippen molar-refractivity contribution in [3.63, 3.8) is 0 Å². The third kappa shape index (κ3) is 4.99. The number of pyridine rings is 1. The van der Waals surface area contributed by atoms with E-state index in [1.54, 1.807) is 29.7 Å². The predicted octanol–water partition coefficient (Wildman–Crippen LogP) is 3.98. The van der Waals surface area contributed by atoms with Gasteiger partial charge in [0.2, 0.25) is 0 Å². The molecular formula is C25H25N7OS. The van der Waals surface area contributed by atoms with Gasteiger partial charge >= 0.3 is 0 Å². The van der Waals surface area contributed by atoms with E-state index in [0.717, 1.165) is 59.3 Å². The topological polar surface area (TPSA) is 99.0 Å². The zero-order valence-corrected chi connectivity index (χ0v) is 19.5. The summed E-state index contributed by atoms with van der Waals surface area (Å²) >= 11 is 1.64. The average molecular weight is 472 g/mol. The molecule has 0 aliphatic carbocycles. The summed E-state index contributed by atoms with van der Waals surface area (Å²) in [5.41, 5.74) is 2.81. The first kappa shape index (κ1) is 22.2. The second kappa shape index (κ2) is 10.6. The zero-order chi connectivity index (χ0) is 23.2. The van der Waals surface area contributed by atoms with Gasteiger partial charge in [0.25, 0.3) is 0 Å². The molecule has 0 radical (unpaired) electrons. The van der Waals surface area contributed by atoms with E-state index in [4.69, 9.17) is 14.7 Å². The second-order valence-corrected chi connectivity index (χ2v) is 8.80. The molecule has 4 heterocycles. The van der Waals surface area contributed by atoms with Crippen molar-refractivity contribution in [2.24, 2.45) is 0 Å². The molecule has 1 saturated heterocycles. The van der Waals surface area contributed by atoms with Crippen molar-refractivity contribution in [1.29, 1.82) is 5.26 Å². The molecule has 34 heavy (non-hydrogen) atoms. The Labute approximate surface area is 202 Å². The molecule has 2 N–H and O–H groups in total. The van der Waals surface area contributed by atoms with Crippen molar-refractivity contribution in [2.75, 3.05) is 50.0 Å². The van der Waals surface area contributed by atoms with Crippen LogP contribution in [0, 0.1) is 11.3 Å². The minimum atomic E-state index is 0.531. The van der Waals surface area contributed by atoms with E-state index in [1.165, 1.54) is 0 Å². The number of hydrogen-bond acceptors (Lipinski definition) is 9. The van der Waals surface area contributed by atoms with Gasteiger partial charge in [0.15, 0.2) is 0 Å². The third-order valence-corrected chi connectivity index (χ3v) is 6.54. The van der Waals surface area contributed by atoms with E-state index in [2.05, 4.69) is 44.1 Å². The van der Waals surface area contributed by atoms with Crippen molar-refractivity contribution < 1.29 is 4.74 Å². The lowest BCUT2D eigenvalue weighted by Gasteiger charge is -2.25. The molecule has 1 aliphatic heterocycles. The Morgan fingerprint density at radius 1 is 1.00 bits per heavy atom. The molecule has 0 amide bonds. The summed E-state index contributed by atoms with van der Waals surface area (Å²) in [6.07, 6.45) is 1.68. The average Bonchev–Trinajstić information content (AvgIpc) is 3.32. The molecule has 4 aromatic rings. The van der Waals surface area contributed by atoms with E-state index in [-0.39, 0.29) is 0 Å². The summed E-state index contributed by atoms with van der Waals surface area (Å²) in [6.45, 7) is 5.18. The van der Waals surface area contributed by atoms with Crippen LogP contribution in [-0.4, -0.2) is 59.2 Å². The lowest BCUT2D eigenvalue weighted by Crippen LogP contribution is -2.36. The Balaban J connectivity index is 1.39. The van der Waals surface area contributed by atoms with Crippen molar-refractivity contribution in [3.05, 3.63) is 65.4 Å². The first-order valence-corrected chi connectivity index (χ1v) is 12.2. The second-order valence-electron chi connectivity index (χ2n) is 7.94. The van der Waals surface area contributed by atoms with Crippen LogP contribution in [0.5, 0.6) is 0 Å². The van der Waals surface area contributed by atoms with E-state index in [9.17, 15) is 5.26 Å². The first-order chi connectivity index (χ1) is 16.8. The minimum Gasteiger partial charge on any atom is -0.379 e. The Morgan fingerprint density at radius 3 is 2.59 bits per heavy atom. The van der Waals surface area contributed by atoms with Crippen LogP contribution < -0.4 is 10.6 Å². The highest BCUT2D eigenvalue weighted by Crippen LogP contribution is 2.37. The molecule has 1 aromatic carbocycles. The van der Waals surface area contributed by atoms with Crippen LogP contribution in [0.4, 0.5) is 11.6 Å². The van der Waals surface area contributed by atoms with Crippen LogP contribution in [0.25, 0.3) is 21.3 Å². The highest BCUT2D eigenvalue weighted by molar-refractivity contribution is 7.17. The van der Waals surface area contributed by atoms with Crippen LogP contribution >= 0.6 is 11.3 Å². The number of morpholine rings is 1. The van der Waals surface area contributed by atoms with Crippen molar-refractivity contribution in [3.8, 4) is 17.2 Å². The number of nitrogens with zero attached hydrogens (tertiary/aromatic N) is 5. The van der Waals surface area contributed by atoms with Gasteiger partial charge in [0.1, 0.15) is 28.4 Å². The van der Waals surface area contributed by atoms with Crippen molar-refractivity contribution in [2.45, 2.75) is 6.54 Å². The Bertz CT molecular complexity index is 1300. The fourth-order valence-corrected chi connectivity index (χ4v) is 4.94. The van der Waals surface area contributed by atoms with Crippen molar-refractivity contribution in [1.82, 2.24) is 19.9 Å². The number of nitrogens with one attached hydrogen (secondary N) is 2. The Kier molecular flexibility index (Phi) is 6.91. The maximum absolute atomic E-state index is 9.28. The molecule has 0 unspecified atom stereocenters. The monoisotopic (exact) mass is 471 g/mol. The van der Waals surface area contributed by atoms with Crippen LogP contribution in [0.1, 0.15) is 11.4 Å². The number of thiophene rings is 1. The van der Waals surface area contributed by atoms with Crippen molar-refractivity contribution >= 4 is 33.2 Å². The quantitative estimate of drug-likeness (QED) is 0.372. The molecule has 1 aliphatic rings. The van der Waals surface area contributed by atoms with E-state index in [1.807, 2.05) is 18.2 Å². The lowest BCUT2D eigenvalue weighted by molar-refractivity contribution is 0.0331. The molecule has 1 fully saturated rings. The molecule has 0 bridgehead atoms. The van der Waals surface area contributed by atoms with Gasteiger partial charge in [-0.25, -0.2) is 15.0 Å². The summed E-state index contributed by atoms with van der Waals surface area (Å²) in [6, 6.07) is 16.0. The summed E-state index contributed by atoms with van der Waals surface area (Å²) in [5.74, 6) is 2.23.